The summed E-state index contributed by atoms with van der Waals surface area (Å²) in [5, 5.41) is 11.2. The summed E-state index contributed by atoms with van der Waals surface area (Å²) >= 11 is 1.85. The Morgan fingerprint density at radius 3 is 2.48 bits per heavy atom. The number of guanidine groups is 1. The first-order chi connectivity index (χ1) is 12.0. The maximum absolute atomic E-state index is 4.71. The van der Waals surface area contributed by atoms with Crippen molar-refractivity contribution < 1.29 is 0 Å². The molecule has 6 heteroatoms. The fraction of sp³-hybridized carbons (Fsp3) is 0.474. The van der Waals surface area contributed by atoms with E-state index in [1.807, 2.05) is 30.4 Å². The minimum absolute atomic E-state index is 0.645. The van der Waals surface area contributed by atoms with Crippen molar-refractivity contribution in [3.05, 3.63) is 46.8 Å². The molecule has 0 radical (unpaired) electrons. The Hall–Kier alpha value is -1.95. The molecule has 25 heavy (non-hydrogen) atoms. The highest BCUT2D eigenvalue weighted by molar-refractivity contribution is 7.99. The number of aryl methyl sites for hydroxylation is 3. The van der Waals surface area contributed by atoms with Gasteiger partial charge in [0.05, 0.1) is 12.2 Å². The zero-order valence-corrected chi connectivity index (χ0v) is 16.7. The zero-order valence-electron chi connectivity index (χ0n) is 15.9. The lowest BCUT2D eigenvalue weighted by atomic mass is 10.2. The average Bonchev–Trinajstić information content (AvgIpc) is 2.83. The first-order valence-corrected chi connectivity index (χ1v) is 9.70. The van der Waals surface area contributed by atoms with Crippen LogP contribution in [-0.2, 0) is 13.6 Å². The molecule has 0 saturated heterocycles. The summed E-state index contributed by atoms with van der Waals surface area (Å²) < 4.78 is 1.92. The van der Waals surface area contributed by atoms with Crippen molar-refractivity contribution in [1.82, 2.24) is 20.4 Å². The van der Waals surface area contributed by atoms with Gasteiger partial charge >= 0.3 is 0 Å². The second-order valence-corrected chi connectivity index (χ2v) is 7.22. The molecule has 2 N–H and O–H groups in total. The van der Waals surface area contributed by atoms with Crippen LogP contribution in [0.25, 0.3) is 0 Å². The number of benzene rings is 1. The van der Waals surface area contributed by atoms with E-state index in [1.54, 1.807) is 0 Å². The molecule has 0 aliphatic heterocycles. The molecule has 0 aliphatic carbocycles. The van der Waals surface area contributed by atoms with Crippen LogP contribution in [0.4, 0.5) is 0 Å². The van der Waals surface area contributed by atoms with Gasteiger partial charge < -0.3 is 10.6 Å². The van der Waals surface area contributed by atoms with Crippen LogP contribution in [0.2, 0.25) is 0 Å². The first kappa shape index (κ1) is 19.4. The number of aliphatic imine (C=N–C) groups is 1. The summed E-state index contributed by atoms with van der Waals surface area (Å²) in [7, 11) is 1.97. The van der Waals surface area contributed by atoms with Crippen LogP contribution in [0.1, 0.15) is 29.4 Å². The summed E-state index contributed by atoms with van der Waals surface area (Å²) in [5.74, 6) is 1.85. The lowest BCUT2D eigenvalue weighted by molar-refractivity contribution is 0.730. The molecule has 136 valence electrons. The van der Waals surface area contributed by atoms with Crippen LogP contribution in [0.5, 0.6) is 0 Å². The SMILES string of the molecule is CCNC(=NCc1c(C)nn(C)c1C)NCCSc1ccc(C)cc1. The van der Waals surface area contributed by atoms with Crippen molar-refractivity contribution in [2.75, 3.05) is 18.8 Å². The van der Waals surface area contributed by atoms with E-state index < -0.39 is 0 Å². The van der Waals surface area contributed by atoms with Crippen molar-refractivity contribution in [1.29, 1.82) is 0 Å². The largest absolute Gasteiger partial charge is 0.357 e. The quantitative estimate of drug-likeness (QED) is 0.345. The fourth-order valence-electron chi connectivity index (χ4n) is 2.52. The molecule has 1 aromatic carbocycles. The Morgan fingerprint density at radius 1 is 1.16 bits per heavy atom. The summed E-state index contributed by atoms with van der Waals surface area (Å²) in [6, 6.07) is 8.65. The molecule has 0 atom stereocenters. The van der Waals surface area contributed by atoms with Gasteiger partial charge in [0.1, 0.15) is 0 Å². The molecule has 0 fully saturated rings. The predicted octanol–water partition coefficient (Wildman–Crippen LogP) is 3.19. The molecular weight excluding hydrogens is 330 g/mol. The Labute approximate surface area is 155 Å². The van der Waals surface area contributed by atoms with E-state index in [1.165, 1.54) is 21.7 Å². The first-order valence-electron chi connectivity index (χ1n) is 8.72. The van der Waals surface area contributed by atoms with Crippen LogP contribution in [0.15, 0.2) is 34.2 Å². The minimum Gasteiger partial charge on any atom is -0.357 e. The van der Waals surface area contributed by atoms with Crippen molar-refractivity contribution in [3.8, 4) is 0 Å². The monoisotopic (exact) mass is 359 g/mol. The lowest BCUT2D eigenvalue weighted by Crippen LogP contribution is -2.38. The van der Waals surface area contributed by atoms with Crippen LogP contribution < -0.4 is 10.6 Å². The highest BCUT2D eigenvalue weighted by Gasteiger charge is 2.08. The van der Waals surface area contributed by atoms with E-state index in [9.17, 15) is 0 Å². The molecule has 0 bridgehead atoms. The van der Waals surface area contributed by atoms with E-state index >= 15 is 0 Å². The highest BCUT2D eigenvalue weighted by Crippen LogP contribution is 2.17. The fourth-order valence-corrected chi connectivity index (χ4v) is 3.29. The third kappa shape index (κ3) is 5.81. The van der Waals surface area contributed by atoms with Gasteiger partial charge in [0, 0.05) is 42.0 Å². The molecule has 1 heterocycles. The number of rotatable bonds is 7. The molecule has 2 rings (SSSR count). The molecule has 2 aromatic rings. The third-order valence-corrected chi connectivity index (χ3v) is 5.10. The van der Waals surface area contributed by atoms with Crippen molar-refractivity contribution in [2.24, 2.45) is 12.0 Å². The molecule has 0 amide bonds. The van der Waals surface area contributed by atoms with Crippen molar-refractivity contribution >= 4 is 17.7 Å². The number of aromatic nitrogens is 2. The van der Waals surface area contributed by atoms with Gasteiger partial charge in [0.2, 0.25) is 0 Å². The van der Waals surface area contributed by atoms with Gasteiger partial charge in [-0.2, -0.15) is 5.10 Å². The Balaban J connectivity index is 1.86. The predicted molar refractivity (Wildman–Crippen MR) is 107 cm³/mol. The molecule has 5 nitrogen and oxygen atoms in total. The molecule has 0 saturated carbocycles. The Bertz CT molecular complexity index is 703. The topological polar surface area (TPSA) is 54.2 Å². The molecule has 0 aliphatic rings. The van der Waals surface area contributed by atoms with Gasteiger partial charge in [-0.05, 0) is 39.8 Å². The number of hydrogen-bond donors (Lipinski definition) is 2. The van der Waals surface area contributed by atoms with Crippen molar-refractivity contribution in [2.45, 2.75) is 39.1 Å². The molecule has 0 spiro atoms. The smallest absolute Gasteiger partial charge is 0.191 e. The maximum Gasteiger partial charge on any atom is 0.191 e. The van der Waals surface area contributed by atoms with Crippen LogP contribution in [0, 0.1) is 20.8 Å². The van der Waals surface area contributed by atoms with E-state index in [-0.39, 0.29) is 0 Å². The molecule has 1 aromatic heterocycles. The van der Waals surface area contributed by atoms with E-state index in [0.717, 1.165) is 30.5 Å². The number of nitrogens with one attached hydrogen (secondary N) is 2. The zero-order chi connectivity index (χ0) is 18.2. The van der Waals surface area contributed by atoms with Gasteiger partial charge in [-0.1, -0.05) is 17.7 Å². The van der Waals surface area contributed by atoms with Gasteiger partial charge in [-0.15, -0.1) is 11.8 Å². The average molecular weight is 360 g/mol. The number of thioether (sulfide) groups is 1. The van der Waals surface area contributed by atoms with Crippen LogP contribution >= 0.6 is 11.8 Å². The second-order valence-electron chi connectivity index (χ2n) is 6.06. The third-order valence-electron chi connectivity index (χ3n) is 4.08. The molecular formula is C19H29N5S. The summed E-state index contributed by atoms with van der Waals surface area (Å²) in [6.07, 6.45) is 0. The molecule has 0 unspecified atom stereocenters. The van der Waals surface area contributed by atoms with Gasteiger partial charge in [0.25, 0.3) is 0 Å². The van der Waals surface area contributed by atoms with Gasteiger partial charge in [-0.3, -0.25) is 4.68 Å². The Kier molecular flexibility index (Phi) is 7.37. The lowest BCUT2D eigenvalue weighted by Gasteiger charge is -2.11. The number of nitrogens with zero attached hydrogens (tertiary/aromatic N) is 3. The normalized spacial score (nSPS) is 11.6. The number of hydrogen-bond acceptors (Lipinski definition) is 3. The van der Waals surface area contributed by atoms with Gasteiger partial charge in [-0.25, -0.2) is 4.99 Å². The Morgan fingerprint density at radius 2 is 1.88 bits per heavy atom. The summed E-state index contributed by atoms with van der Waals surface area (Å²) in [6.45, 7) is 10.7. The van der Waals surface area contributed by atoms with Crippen LogP contribution in [-0.4, -0.2) is 34.6 Å². The van der Waals surface area contributed by atoms with E-state index in [2.05, 4.69) is 60.8 Å². The minimum atomic E-state index is 0.645. The second kappa shape index (κ2) is 9.51. The maximum atomic E-state index is 4.71. The summed E-state index contributed by atoms with van der Waals surface area (Å²) in [4.78, 5) is 6.01. The highest BCUT2D eigenvalue weighted by atomic mass is 32.2. The summed E-state index contributed by atoms with van der Waals surface area (Å²) in [5.41, 5.74) is 4.72. The van der Waals surface area contributed by atoms with Crippen molar-refractivity contribution in [3.63, 3.8) is 0 Å². The van der Waals surface area contributed by atoms with Gasteiger partial charge in [0.15, 0.2) is 5.96 Å². The standard InChI is InChI=1S/C19H29N5S/c1-6-20-19(22-13-18-15(3)23-24(5)16(18)4)21-11-12-25-17-9-7-14(2)8-10-17/h7-10H,6,11-13H2,1-5H3,(H2,20,21,22). The van der Waals surface area contributed by atoms with E-state index in [0.29, 0.717) is 6.54 Å². The van der Waals surface area contributed by atoms with E-state index in [4.69, 9.17) is 4.99 Å². The van der Waals surface area contributed by atoms with Crippen LogP contribution in [0.3, 0.4) is 0 Å².